The zero-order chi connectivity index (χ0) is 16.0. The van der Waals surface area contributed by atoms with E-state index in [2.05, 4.69) is 76.2 Å². The number of aryl methyl sites for hydroxylation is 1. The van der Waals surface area contributed by atoms with E-state index in [1.165, 1.54) is 54.4 Å². The topological polar surface area (TPSA) is 0 Å². The van der Waals surface area contributed by atoms with Crippen molar-refractivity contribution in [3.05, 3.63) is 59.7 Å². The third-order valence-corrected chi connectivity index (χ3v) is 4.33. The molecule has 0 radical (unpaired) electrons. The molecule has 0 heterocycles. The van der Waals surface area contributed by atoms with E-state index in [0.717, 1.165) is 0 Å². The largest absolute Gasteiger partial charge is 0.0654 e. The maximum Gasteiger partial charge on any atom is -0.0132 e. The van der Waals surface area contributed by atoms with Gasteiger partial charge in [-0.15, -0.1) is 0 Å². The van der Waals surface area contributed by atoms with Crippen molar-refractivity contribution < 1.29 is 0 Å². The van der Waals surface area contributed by atoms with E-state index in [4.69, 9.17) is 0 Å². The van der Waals surface area contributed by atoms with Gasteiger partial charge in [0.05, 0.1) is 0 Å². The van der Waals surface area contributed by atoms with Crippen LogP contribution in [0.2, 0.25) is 0 Å². The van der Waals surface area contributed by atoms with Crippen molar-refractivity contribution in [1.29, 1.82) is 0 Å². The zero-order valence-electron chi connectivity index (χ0n) is 14.7. The Balaban J connectivity index is 2.09. The van der Waals surface area contributed by atoms with Gasteiger partial charge in [-0.1, -0.05) is 95.5 Å². The summed E-state index contributed by atoms with van der Waals surface area (Å²) >= 11 is 0. The minimum absolute atomic E-state index is 0.222. The highest BCUT2D eigenvalue weighted by Gasteiger charge is 2.13. The lowest BCUT2D eigenvalue weighted by atomic mass is 9.86. The first-order valence-corrected chi connectivity index (χ1v) is 8.70. The third kappa shape index (κ3) is 4.73. The van der Waals surface area contributed by atoms with Gasteiger partial charge in [-0.25, -0.2) is 0 Å². The summed E-state index contributed by atoms with van der Waals surface area (Å²) in [6, 6.07) is 18.1. The molecule has 2 aromatic carbocycles. The van der Waals surface area contributed by atoms with E-state index in [0.29, 0.717) is 0 Å². The molecule has 0 atom stereocenters. The predicted octanol–water partition coefficient (Wildman–Crippen LogP) is 6.77. The van der Waals surface area contributed by atoms with Crippen molar-refractivity contribution in [2.45, 2.75) is 65.2 Å². The van der Waals surface area contributed by atoms with Crippen LogP contribution >= 0.6 is 0 Å². The first kappa shape index (κ1) is 16.8. The first-order chi connectivity index (χ1) is 10.5. The average molecular weight is 294 g/mol. The van der Waals surface area contributed by atoms with Crippen LogP contribution < -0.4 is 0 Å². The summed E-state index contributed by atoms with van der Waals surface area (Å²) < 4.78 is 0. The van der Waals surface area contributed by atoms with Gasteiger partial charge < -0.3 is 0 Å². The Labute approximate surface area is 136 Å². The number of unbranched alkanes of at least 4 members (excludes halogenated alkanes) is 3. The molecule has 0 saturated heterocycles. The van der Waals surface area contributed by atoms with Crippen LogP contribution in [0.4, 0.5) is 0 Å². The summed E-state index contributed by atoms with van der Waals surface area (Å²) in [5, 5.41) is 0. The highest BCUT2D eigenvalue weighted by Crippen LogP contribution is 2.26. The lowest BCUT2D eigenvalue weighted by molar-refractivity contribution is 0.590. The second-order valence-electron chi connectivity index (χ2n) is 7.34. The SMILES string of the molecule is CCCCCCc1cccc(-c2ccc(C(C)(C)C)cc2)c1. The van der Waals surface area contributed by atoms with Crippen molar-refractivity contribution in [3.63, 3.8) is 0 Å². The lowest BCUT2D eigenvalue weighted by Gasteiger charge is -2.19. The maximum atomic E-state index is 2.36. The number of rotatable bonds is 6. The van der Waals surface area contributed by atoms with Crippen LogP contribution in [-0.2, 0) is 11.8 Å². The average Bonchev–Trinajstić information content (AvgIpc) is 2.51. The molecule has 0 saturated carbocycles. The third-order valence-electron chi connectivity index (χ3n) is 4.33. The van der Waals surface area contributed by atoms with Gasteiger partial charge >= 0.3 is 0 Å². The molecule has 0 heteroatoms. The van der Waals surface area contributed by atoms with E-state index in [9.17, 15) is 0 Å². The summed E-state index contributed by atoms with van der Waals surface area (Å²) in [6.45, 7) is 9.05. The molecule has 0 N–H and O–H groups in total. The smallest absolute Gasteiger partial charge is 0.0132 e. The monoisotopic (exact) mass is 294 g/mol. The number of benzene rings is 2. The zero-order valence-corrected chi connectivity index (χ0v) is 14.7. The molecule has 0 amide bonds. The van der Waals surface area contributed by atoms with E-state index in [1.807, 2.05) is 0 Å². The standard InChI is InChI=1S/C22H30/c1-5-6-7-8-10-18-11-9-12-20(17-18)19-13-15-21(16-14-19)22(2,3)4/h9,11-17H,5-8,10H2,1-4H3. The highest BCUT2D eigenvalue weighted by atomic mass is 14.2. The Morgan fingerprint density at radius 3 is 2.14 bits per heavy atom. The van der Waals surface area contributed by atoms with E-state index >= 15 is 0 Å². The Bertz CT molecular complexity index is 570. The molecular formula is C22H30. The summed E-state index contributed by atoms with van der Waals surface area (Å²) in [6.07, 6.45) is 6.52. The second-order valence-corrected chi connectivity index (χ2v) is 7.34. The Hall–Kier alpha value is -1.56. The quantitative estimate of drug-likeness (QED) is 0.515. The molecular weight excluding hydrogens is 264 g/mol. The summed E-state index contributed by atoms with van der Waals surface area (Å²) in [5.41, 5.74) is 5.75. The van der Waals surface area contributed by atoms with Crippen molar-refractivity contribution in [1.82, 2.24) is 0 Å². The van der Waals surface area contributed by atoms with Gasteiger partial charge in [0.2, 0.25) is 0 Å². The van der Waals surface area contributed by atoms with Crippen molar-refractivity contribution in [2.24, 2.45) is 0 Å². The molecule has 0 bridgehead atoms. The maximum absolute atomic E-state index is 2.36. The lowest BCUT2D eigenvalue weighted by Crippen LogP contribution is -2.10. The molecule has 0 aliphatic heterocycles. The van der Waals surface area contributed by atoms with E-state index in [-0.39, 0.29) is 5.41 Å². The van der Waals surface area contributed by atoms with Gasteiger partial charge in [-0.05, 0) is 40.5 Å². The fourth-order valence-corrected chi connectivity index (χ4v) is 2.82. The van der Waals surface area contributed by atoms with Crippen LogP contribution in [0, 0.1) is 0 Å². The summed E-state index contributed by atoms with van der Waals surface area (Å²) in [4.78, 5) is 0. The van der Waals surface area contributed by atoms with Crippen molar-refractivity contribution >= 4 is 0 Å². The van der Waals surface area contributed by atoms with Crippen LogP contribution in [0.1, 0.15) is 64.5 Å². The molecule has 0 unspecified atom stereocenters. The molecule has 0 aliphatic rings. The van der Waals surface area contributed by atoms with Gasteiger partial charge in [0.25, 0.3) is 0 Å². The van der Waals surface area contributed by atoms with Crippen molar-refractivity contribution in [3.8, 4) is 11.1 Å². The molecule has 2 aromatic rings. The van der Waals surface area contributed by atoms with Crippen LogP contribution in [0.15, 0.2) is 48.5 Å². The van der Waals surface area contributed by atoms with Crippen LogP contribution in [0.3, 0.4) is 0 Å². The second kappa shape index (κ2) is 7.63. The molecule has 0 aliphatic carbocycles. The minimum Gasteiger partial charge on any atom is -0.0654 e. The fourth-order valence-electron chi connectivity index (χ4n) is 2.82. The molecule has 0 fully saturated rings. The Morgan fingerprint density at radius 2 is 1.50 bits per heavy atom. The molecule has 22 heavy (non-hydrogen) atoms. The van der Waals surface area contributed by atoms with E-state index < -0.39 is 0 Å². The molecule has 0 spiro atoms. The number of hydrogen-bond acceptors (Lipinski definition) is 0. The normalized spacial score (nSPS) is 11.6. The van der Waals surface area contributed by atoms with Gasteiger partial charge in [0.1, 0.15) is 0 Å². The Kier molecular flexibility index (Phi) is 5.83. The molecule has 2 rings (SSSR count). The van der Waals surface area contributed by atoms with Crippen LogP contribution in [0.25, 0.3) is 11.1 Å². The number of hydrogen-bond donors (Lipinski definition) is 0. The first-order valence-electron chi connectivity index (χ1n) is 8.70. The highest BCUT2D eigenvalue weighted by molar-refractivity contribution is 5.64. The van der Waals surface area contributed by atoms with E-state index in [1.54, 1.807) is 0 Å². The summed E-state index contributed by atoms with van der Waals surface area (Å²) in [7, 11) is 0. The molecule has 0 aromatic heterocycles. The molecule has 118 valence electrons. The van der Waals surface area contributed by atoms with Gasteiger partial charge in [-0.3, -0.25) is 0 Å². The Morgan fingerprint density at radius 1 is 0.773 bits per heavy atom. The fraction of sp³-hybridized carbons (Fsp3) is 0.455. The van der Waals surface area contributed by atoms with Crippen molar-refractivity contribution in [2.75, 3.05) is 0 Å². The van der Waals surface area contributed by atoms with Gasteiger partial charge in [0, 0.05) is 0 Å². The van der Waals surface area contributed by atoms with Gasteiger partial charge in [0.15, 0.2) is 0 Å². The van der Waals surface area contributed by atoms with Crippen LogP contribution in [0.5, 0.6) is 0 Å². The van der Waals surface area contributed by atoms with Crippen LogP contribution in [-0.4, -0.2) is 0 Å². The molecule has 0 nitrogen and oxygen atoms in total. The summed E-state index contributed by atoms with van der Waals surface area (Å²) in [5.74, 6) is 0. The van der Waals surface area contributed by atoms with Gasteiger partial charge in [-0.2, -0.15) is 0 Å². The minimum atomic E-state index is 0.222. The predicted molar refractivity (Wildman–Crippen MR) is 98.4 cm³/mol.